The van der Waals surface area contributed by atoms with Crippen molar-refractivity contribution in [2.45, 2.75) is 70.6 Å². The molecule has 0 radical (unpaired) electrons. The number of carbonyl (C=O) groups excluding carboxylic acids is 2. The Balaban J connectivity index is 1.38. The van der Waals surface area contributed by atoms with Crippen molar-refractivity contribution in [2.75, 3.05) is 31.2 Å². The highest BCUT2D eigenvalue weighted by atomic mass is 35.5. The first-order chi connectivity index (χ1) is 22.1. The van der Waals surface area contributed by atoms with E-state index in [4.69, 9.17) is 35.9 Å². The van der Waals surface area contributed by atoms with Gasteiger partial charge in [-0.3, -0.25) is 18.4 Å². The number of amides is 1. The van der Waals surface area contributed by atoms with Gasteiger partial charge in [0.25, 0.3) is 0 Å². The van der Waals surface area contributed by atoms with Crippen molar-refractivity contribution in [3.05, 3.63) is 48.5 Å². The lowest BCUT2D eigenvalue weighted by Gasteiger charge is -2.26. The smallest absolute Gasteiger partial charge is 0.407 e. The van der Waals surface area contributed by atoms with Gasteiger partial charge in [-0.1, -0.05) is 55.9 Å². The second-order valence-corrected chi connectivity index (χ2v) is 15.7. The average molecular weight is 714 g/mol. The first kappa shape index (κ1) is 37.0. The summed E-state index contributed by atoms with van der Waals surface area (Å²) in [4.78, 5) is 35.8. The van der Waals surface area contributed by atoms with Crippen LogP contribution in [0.4, 0.5) is 10.6 Å². The summed E-state index contributed by atoms with van der Waals surface area (Å²) in [6, 6.07) is 9.23. The van der Waals surface area contributed by atoms with E-state index >= 15 is 0 Å². The summed E-state index contributed by atoms with van der Waals surface area (Å²) in [5.41, 5.74) is 6.57. The maximum absolute atomic E-state index is 13.9. The van der Waals surface area contributed by atoms with Crippen molar-refractivity contribution in [1.29, 1.82) is 0 Å². The minimum Gasteiger partial charge on any atom is -0.447 e. The number of hydrogen-bond acceptors (Lipinski definition) is 13. The standard InChI is InChI=1S/C29H41ClN7O8PS/c1-18(2)44-27(40)32-15-28(3,4)26(39)47-12-11-42-46(41,36-13-19-9-7-6-8-10-19)43-14-20-22(38)29(5,30)25(45-20)37-17-35-21-23(31)33-16-34-24(21)37/h6-10,16-18,20,22,25,38H,11-15H2,1-5H3,(H,32,40)(H,36,41)(H2,31,33,34)/t20-,22-,25-,29-,46+/m1/s1. The van der Waals surface area contributed by atoms with Crippen molar-refractivity contribution in [1.82, 2.24) is 29.9 Å². The zero-order valence-electron chi connectivity index (χ0n) is 26.8. The summed E-state index contributed by atoms with van der Waals surface area (Å²) < 4.78 is 38.1. The molecular formula is C29H41ClN7O8PS. The number of ether oxygens (including phenoxy) is 2. The highest BCUT2D eigenvalue weighted by Gasteiger charge is 2.54. The fraction of sp³-hybridized carbons (Fsp3) is 0.552. The Morgan fingerprint density at radius 3 is 2.66 bits per heavy atom. The number of alkyl carbamates (subject to hydrolysis) is 1. The number of halogens is 1. The molecule has 5 atom stereocenters. The molecule has 3 heterocycles. The van der Waals surface area contributed by atoms with Gasteiger partial charge >= 0.3 is 13.8 Å². The lowest BCUT2D eigenvalue weighted by Crippen LogP contribution is -2.40. The van der Waals surface area contributed by atoms with E-state index < -0.39 is 42.6 Å². The molecule has 0 unspecified atom stereocenters. The van der Waals surface area contributed by atoms with Crippen LogP contribution in [0.25, 0.3) is 11.2 Å². The Hall–Kier alpha value is -2.82. The van der Waals surface area contributed by atoms with Gasteiger partial charge in [0, 0.05) is 18.8 Å². The summed E-state index contributed by atoms with van der Waals surface area (Å²) in [7, 11) is -4.01. The monoisotopic (exact) mass is 713 g/mol. The van der Waals surface area contributed by atoms with Crippen molar-refractivity contribution in [3.8, 4) is 0 Å². The number of nitrogens with zero attached hydrogens (tertiary/aromatic N) is 4. The van der Waals surface area contributed by atoms with E-state index in [1.807, 2.05) is 30.3 Å². The Kier molecular flexibility index (Phi) is 12.3. The number of aliphatic hydroxyl groups excluding tert-OH is 1. The van der Waals surface area contributed by atoms with E-state index in [1.165, 1.54) is 12.7 Å². The van der Waals surface area contributed by atoms with Crippen LogP contribution in [-0.2, 0) is 34.4 Å². The first-order valence-corrected chi connectivity index (χ1v) is 17.8. The molecule has 1 aliphatic heterocycles. The molecule has 5 N–H and O–H groups in total. The number of rotatable bonds is 15. The Morgan fingerprint density at radius 2 is 1.96 bits per heavy atom. The Morgan fingerprint density at radius 1 is 1.23 bits per heavy atom. The normalized spacial score (nSPS) is 22.8. The molecule has 1 amide bonds. The Labute approximate surface area is 282 Å². The molecule has 18 heteroatoms. The summed E-state index contributed by atoms with van der Waals surface area (Å²) in [6.45, 7) is 8.23. The van der Waals surface area contributed by atoms with Crippen LogP contribution in [0, 0.1) is 5.41 Å². The van der Waals surface area contributed by atoms with Crippen molar-refractivity contribution in [2.24, 2.45) is 5.41 Å². The minimum atomic E-state index is -4.01. The van der Waals surface area contributed by atoms with Crippen molar-refractivity contribution in [3.63, 3.8) is 0 Å². The molecule has 1 aromatic carbocycles. The van der Waals surface area contributed by atoms with E-state index in [2.05, 4.69) is 25.4 Å². The first-order valence-electron chi connectivity index (χ1n) is 14.9. The van der Waals surface area contributed by atoms with Gasteiger partial charge in [0.2, 0.25) is 0 Å². The lowest BCUT2D eigenvalue weighted by atomic mass is 9.96. The third-order valence-corrected chi connectivity index (χ3v) is 10.4. The number of fused-ring (bicyclic) bond motifs is 1. The second-order valence-electron chi connectivity index (χ2n) is 12.0. The summed E-state index contributed by atoms with van der Waals surface area (Å²) in [6.07, 6.45) is -1.36. The highest BCUT2D eigenvalue weighted by molar-refractivity contribution is 8.13. The van der Waals surface area contributed by atoms with Crippen LogP contribution in [0.2, 0.25) is 0 Å². The van der Waals surface area contributed by atoms with Crippen molar-refractivity contribution < 1.29 is 37.8 Å². The summed E-state index contributed by atoms with van der Waals surface area (Å²) >= 11 is 7.78. The van der Waals surface area contributed by atoms with Crippen LogP contribution in [0.1, 0.15) is 46.4 Å². The number of alkyl halides is 1. The fourth-order valence-corrected chi connectivity index (χ4v) is 7.13. The van der Waals surface area contributed by atoms with E-state index in [-0.39, 0.29) is 49.1 Å². The quantitative estimate of drug-likeness (QED) is 0.0999. The molecule has 258 valence electrons. The number of nitrogens with one attached hydrogen (secondary N) is 2. The van der Waals surface area contributed by atoms with Crippen LogP contribution in [0.5, 0.6) is 0 Å². The predicted molar refractivity (Wildman–Crippen MR) is 178 cm³/mol. The maximum atomic E-state index is 13.9. The maximum Gasteiger partial charge on any atom is 0.407 e. The third kappa shape index (κ3) is 9.42. The van der Waals surface area contributed by atoms with Crippen LogP contribution < -0.4 is 16.1 Å². The molecule has 1 fully saturated rings. The fourth-order valence-electron chi connectivity index (χ4n) is 4.58. The average Bonchev–Trinajstić information content (AvgIpc) is 3.55. The molecule has 0 bridgehead atoms. The number of thioether (sulfide) groups is 1. The van der Waals surface area contributed by atoms with E-state index in [1.54, 1.807) is 39.2 Å². The summed E-state index contributed by atoms with van der Waals surface area (Å²) in [5, 5.41) is 16.4. The molecule has 0 aliphatic carbocycles. The van der Waals surface area contributed by atoms with Crippen LogP contribution in [-0.4, -0.2) is 84.5 Å². The molecule has 15 nitrogen and oxygen atoms in total. The van der Waals surface area contributed by atoms with E-state index in [0.717, 1.165) is 17.3 Å². The molecule has 1 aliphatic rings. The SMILES string of the molecule is CC(C)OC(=O)NCC(C)(C)C(=O)SCCO[P@@](=O)(NCc1ccccc1)OC[C@H]1O[C@@H](n2cnc3c(N)ncnc32)[C@](C)(Cl)[C@@H]1O. The number of imidazole rings is 1. The zero-order chi connectivity index (χ0) is 34.4. The van der Waals surface area contributed by atoms with Gasteiger partial charge in [0.1, 0.15) is 28.9 Å². The lowest BCUT2D eigenvalue weighted by molar-refractivity contribution is -0.117. The number of nitrogen functional groups attached to an aromatic ring is 1. The van der Waals surface area contributed by atoms with Gasteiger partial charge in [-0.15, -0.1) is 11.6 Å². The largest absolute Gasteiger partial charge is 0.447 e. The van der Waals surface area contributed by atoms with Crippen LogP contribution in [0.15, 0.2) is 43.0 Å². The van der Waals surface area contributed by atoms with Gasteiger partial charge in [-0.2, -0.15) is 0 Å². The molecule has 0 spiro atoms. The van der Waals surface area contributed by atoms with Crippen LogP contribution >= 0.6 is 31.1 Å². The molecule has 1 saturated heterocycles. The number of aromatic nitrogens is 4. The number of aliphatic hydroxyl groups is 1. The van der Waals surface area contributed by atoms with E-state index in [9.17, 15) is 19.3 Å². The molecule has 4 rings (SSSR count). The molecule has 47 heavy (non-hydrogen) atoms. The number of carbonyl (C=O) groups is 2. The summed E-state index contributed by atoms with van der Waals surface area (Å²) in [5.74, 6) is 0.333. The molecule has 0 saturated carbocycles. The van der Waals surface area contributed by atoms with E-state index in [0.29, 0.717) is 11.2 Å². The van der Waals surface area contributed by atoms with Crippen LogP contribution in [0.3, 0.4) is 0 Å². The number of anilines is 1. The minimum absolute atomic E-state index is 0.0743. The van der Waals surface area contributed by atoms with Gasteiger partial charge in [-0.25, -0.2) is 29.4 Å². The molecular weight excluding hydrogens is 673 g/mol. The number of benzene rings is 1. The second kappa shape index (κ2) is 15.6. The van der Waals surface area contributed by atoms with Gasteiger partial charge in [0.15, 0.2) is 22.8 Å². The topological polar surface area (TPSA) is 202 Å². The predicted octanol–water partition coefficient (Wildman–Crippen LogP) is 4.02. The third-order valence-electron chi connectivity index (χ3n) is 7.23. The van der Waals surface area contributed by atoms with Gasteiger partial charge in [-0.05, 0) is 26.3 Å². The molecule has 2 aromatic heterocycles. The number of nitrogens with two attached hydrogens (primary N) is 1. The highest BCUT2D eigenvalue weighted by Crippen LogP contribution is 2.48. The van der Waals surface area contributed by atoms with Crippen molar-refractivity contribution >= 4 is 59.3 Å². The van der Waals surface area contributed by atoms with Gasteiger partial charge in [0.05, 0.1) is 31.1 Å². The molecule has 3 aromatic rings. The Bertz CT molecular complexity index is 1580. The zero-order valence-corrected chi connectivity index (χ0v) is 29.3. The van der Waals surface area contributed by atoms with Gasteiger partial charge < -0.3 is 25.6 Å². The number of hydrogen-bond donors (Lipinski definition) is 4.